The number of nitro benzene ring substituents is 1. The third-order valence-corrected chi connectivity index (χ3v) is 2.53. The molecule has 0 aliphatic heterocycles. The van der Waals surface area contributed by atoms with Crippen molar-refractivity contribution >= 4 is 28.6 Å². The van der Waals surface area contributed by atoms with Crippen LogP contribution in [-0.4, -0.2) is 20.2 Å². The lowest BCUT2D eigenvalue weighted by Gasteiger charge is -2.07. The molecule has 0 heterocycles. The van der Waals surface area contributed by atoms with Crippen LogP contribution in [0.1, 0.15) is 5.56 Å². The molecule has 88 valence electrons. The summed E-state index contributed by atoms with van der Waals surface area (Å²) in [5.41, 5.74) is 0.332. The molecule has 8 heteroatoms. The van der Waals surface area contributed by atoms with E-state index in [9.17, 15) is 18.9 Å². The Bertz CT molecular complexity index is 426. The van der Waals surface area contributed by atoms with Gasteiger partial charge in [0.05, 0.1) is 4.92 Å². The summed E-state index contributed by atoms with van der Waals surface area (Å²) >= 11 is 3.33. The first-order valence-electron chi connectivity index (χ1n) is 4.26. The van der Waals surface area contributed by atoms with Crippen LogP contribution in [0.3, 0.4) is 0 Å². The predicted octanol–water partition coefficient (Wildman–Crippen LogP) is 1.17. The van der Waals surface area contributed by atoms with Crippen molar-refractivity contribution in [2.24, 2.45) is 0 Å². The number of nitrogens with zero attached hydrogens (tertiary/aromatic N) is 1. The minimum absolute atomic E-state index is 0.0668. The van der Waals surface area contributed by atoms with Crippen molar-refractivity contribution in [1.29, 1.82) is 0 Å². The van der Waals surface area contributed by atoms with Gasteiger partial charge in [-0.2, -0.15) is 0 Å². The van der Waals surface area contributed by atoms with Crippen molar-refractivity contribution in [2.45, 2.75) is 6.42 Å². The Balaban J connectivity index is 2.80. The van der Waals surface area contributed by atoms with Crippen LogP contribution in [0.2, 0.25) is 5.02 Å². The zero-order valence-corrected chi connectivity index (χ0v) is 9.59. The SMILES string of the molecule is O=[N+]([O-])c1ccc(Cl)cc1CCNS(=O)[O-]. The van der Waals surface area contributed by atoms with E-state index in [1.165, 1.54) is 18.2 Å². The van der Waals surface area contributed by atoms with E-state index in [0.29, 0.717) is 10.6 Å². The van der Waals surface area contributed by atoms with Gasteiger partial charge in [0.25, 0.3) is 5.69 Å². The fraction of sp³-hybridized carbons (Fsp3) is 0.250. The highest BCUT2D eigenvalue weighted by atomic mass is 35.5. The smallest absolute Gasteiger partial charge is 0.272 e. The maximum Gasteiger partial charge on any atom is 0.272 e. The van der Waals surface area contributed by atoms with Crippen LogP contribution in [0.25, 0.3) is 0 Å². The van der Waals surface area contributed by atoms with E-state index in [0.717, 1.165) is 0 Å². The molecule has 0 spiro atoms. The average Bonchev–Trinajstić information content (AvgIpc) is 2.16. The summed E-state index contributed by atoms with van der Waals surface area (Å²) in [5, 5.41) is 11.0. The number of hydrogen-bond donors (Lipinski definition) is 1. The second kappa shape index (κ2) is 5.90. The minimum Gasteiger partial charge on any atom is -0.760 e. The molecule has 0 aliphatic carbocycles. The van der Waals surface area contributed by atoms with Crippen LogP contribution >= 0.6 is 11.6 Å². The molecule has 1 rings (SSSR count). The Morgan fingerprint density at radius 1 is 1.50 bits per heavy atom. The van der Waals surface area contributed by atoms with Crippen molar-refractivity contribution in [1.82, 2.24) is 4.72 Å². The van der Waals surface area contributed by atoms with Crippen LogP contribution in [0, 0.1) is 10.1 Å². The molecule has 0 saturated heterocycles. The molecular formula is C8H8ClN2O4S-. The van der Waals surface area contributed by atoms with Gasteiger partial charge in [-0.15, -0.1) is 0 Å². The van der Waals surface area contributed by atoms with E-state index in [-0.39, 0.29) is 18.7 Å². The van der Waals surface area contributed by atoms with E-state index >= 15 is 0 Å². The number of halogens is 1. The zero-order valence-electron chi connectivity index (χ0n) is 8.01. The average molecular weight is 264 g/mol. The van der Waals surface area contributed by atoms with Crippen molar-refractivity contribution in [2.75, 3.05) is 6.54 Å². The van der Waals surface area contributed by atoms with Gasteiger partial charge in [-0.25, -0.2) is 4.72 Å². The van der Waals surface area contributed by atoms with E-state index in [2.05, 4.69) is 4.72 Å². The summed E-state index contributed by atoms with van der Waals surface area (Å²) in [6, 6.07) is 4.17. The summed E-state index contributed by atoms with van der Waals surface area (Å²) in [6.45, 7) is 0.0945. The molecule has 0 radical (unpaired) electrons. The minimum atomic E-state index is -2.36. The van der Waals surface area contributed by atoms with Gasteiger partial charge in [-0.1, -0.05) is 11.6 Å². The van der Waals surface area contributed by atoms with Crippen LogP contribution in [-0.2, 0) is 17.7 Å². The first kappa shape index (κ1) is 13.0. The van der Waals surface area contributed by atoms with Gasteiger partial charge in [0, 0.05) is 34.5 Å². The van der Waals surface area contributed by atoms with E-state index in [1.54, 1.807) is 0 Å². The molecule has 0 aliphatic rings. The summed E-state index contributed by atoms with van der Waals surface area (Å²) in [4.78, 5) is 10.1. The van der Waals surface area contributed by atoms with Gasteiger partial charge in [0.1, 0.15) is 0 Å². The molecule has 6 nitrogen and oxygen atoms in total. The molecule has 1 unspecified atom stereocenters. The van der Waals surface area contributed by atoms with Crippen LogP contribution in [0.15, 0.2) is 18.2 Å². The van der Waals surface area contributed by atoms with Crippen molar-refractivity contribution in [3.8, 4) is 0 Å². The fourth-order valence-corrected chi connectivity index (χ4v) is 1.66. The van der Waals surface area contributed by atoms with Gasteiger partial charge in [0.2, 0.25) is 0 Å². The molecule has 0 amide bonds. The summed E-state index contributed by atoms with van der Waals surface area (Å²) in [5.74, 6) is 0. The third kappa shape index (κ3) is 3.86. The standard InChI is InChI=1S/C8H9ClN2O4S/c9-7-1-2-8(11(12)13)6(5-7)3-4-10-16(14)15/h1-2,5,10H,3-4H2,(H,14,15)/p-1. The highest BCUT2D eigenvalue weighted by Gasteiger charge is 2.13. The molecule has 1 atom stereocenters. The number of nitro groups is 1. The monoisotopic (exact) mass is 263 g/mol. The quantitative estimate of drug-likeness (QED) is 0.490. The van der Waals surface area contributed by atoms with E-state index < -0.39 is 16.2 Å². The Morgan fingerprint density at radius 2 is 2.19 bits per heavy atom. The van der Waals surface area contributed by atoms with Gasteiger partial charge >= 0.3 is 0 Å². The number of benzene rings is 1. The molecule has 1 aromatic carbocycles. The molecule has 0 saturated carbocycles. The fourth-order valence-electron chi connectivity index (χ4n) is 1.20. The highest BCUT2D eigenvalue weighted by Crippen LogP contribution is 2.22. The molecule has 0 bridgehead atoms. The Kier molecular flexibility index (Phi) is 4.81. The number of nitrogens with one attached hydrogen (secondary N) is 1. The van der Waals surface area contributed by atoms with Crippen LogP contribution < -0.4 is 4.72 Å². The second-order valence-electron chi connectivity index (χ2n) is 2.91. The molecule has 16 heavy (non-hydrogen) atoms. The van der Waals surface area contributed by atoms with Gasteiger partial charge < -0.3 is 4.55 Å². The largest absolute Gasteiger partial charge is 0.760 e. The van der Waals surface area contributed by atoms with Gasteiger partial charge in [-0.05, 0) is 18.6 Å². The normalized spacial score (nSPS) is 12.4. The van der Waals surface area contributed by atoms with Crippen molar-refractivity contribution in [3.63, 3.8) is 0 Å². The first-order valence-corrected chi connectivity index (χ1v) is 5.71. The molecule has 0 fully saturated rings. The maximum absolute atomic E-state index is 10.7. The highest BCUT2D eigenvalue weighted by molar-refractivity contribution is 7.77. The summed E-state index contributed by atoms with van der Waals surface area (Å²) in [7, 11) is 0. The Labute approximate surface area is 99.2 Å². The molecule has 1 aromatic rings. The lowest BCUT2D eigenvalue weighted by Crippen LogP contribution is -2.19. The number of hydrogen-bond acceptors (Lipinski definition) is 4. The van der Waals surface area contributed by atoms with Gasteiger partial charge in [0.15, 0.2) is 0 Å². The van der Waals surface area contributed by atoms with E-state index in [4.69, 9.17) is 11.6 Å². The van der Waals surface area contributed by atoms with Crippen LogP contribution in [0.4, 0.5) is 5.69 Å². The Morgan fingerprint density at radius 3 is 2.75 bits per heavy atom. The maximum atomic E-state index is 10.7. The van der Waals surface area contributed by atoms with Crippen LogP contribution in [0.5, 0.6) is 0 Å². The molecule has 1 N–H and O–H groups in total. The lowest BCUT2D eigenvalue weighted by molar-refractivity contribution is -0.385. The van der Waals surface area contributed by atoms with Crippen molar-refractivity contribution < 1.29 is 13.7 Å². The Hall–Kier alpha value is -1.02. The predicted molar refractivity (Wildman–Crippen MR) is 58.7 cm³/mol. The lowest BCUT2D eigenvalue weighted by atomic mass is 10.1. The summed E-state index contributed by atoms with van der Waals surface area (Å²) < 4.78 is 22.5. The zero-order chi connectivity index (χ0) is 12.1. The van der Waals surface area contributed by atoms with Gasteiger partial charge in [-0.3, -0.25) is 14.3 Å². The number of rotatable bonds is 5. The topological polar surface area (TPSA) is 95.3 Å². The van der Waals surface area contributed by atoms with E-state index in [1.807, 2.05) is 0 Å². The molecular weight excluding hydrogens is 256 g/mol. The third-order valence-electron chi connectivity index (χ3n) is 1.85. The van der Waals surface area contributed by atoms with Crippen molar-refractivity contribution in [3.05, 3.63) is 38.9 Å². The summed E-state index contributed by atoms with van der Waals surface area (Å²) in [6.07, 6.45) is 0.213. The second-order valence-corrected chi connectivity index (χ2v) is 4.10. The first-order chi connectivity index (χ1) is 7.50. The molecule has 0 aromatic heterocycles.